The molecular weight excluding hydrogens is 360 g/mol. The number of carbonyl (C=O) groups is 1. The van der Waals surface area contributed by atoms with E-state index in [1.807, 2.05) is 23.1 Å². The van der Waals surface area contributed by atoms with Crippen LogP contribution < -0.4 is 14.8 Å². The van der Waals surface area contributed by atoms with E-state index < -0.39 is 0 Å². The number of nitrogens with zero attached hydrogens (tertiary/aromatic N) is 1. The second kappa shape index (κ2) is 7.06. The van der Waals surface area contributed by atoms with Crippen LogP contribution in [-0.4, -0.2) is 36.4 Å². The molecule has 2 aromatic carbocycles. The lowest BCUT2D eigenvalue weighted by molar-refractivity contribution is 0.171. The molecule has 0 bridgehead atoms. The number of benzene rings is 2. The van der Waals surface area contributed by atoms with Crippen molar-refractivity contribution in [1.29, 1.82) is 0 Å². The van der Waals surface area contributed by atoms with Gasteiger partial charge in [0.25, 0.3) is 0 Å². The molecule has 2 heterocycles. The predicted octanol–water partition coefficient (Wildman–Crippen LogP) is 4.39. The van der Waals surface area contributed by atoms with Gasteiger partial charge >= 0.3 is 6.03 Å². The summed E-state index contributed by atoms with van der Waals surface area (Å²) < 4.78 is 11.2. The molecule has 1 saturated heterocycles. The Bertz CT molecular complexity index is 784. The summed E-state index contributed by atoms with van der Waals surface area (Å²) in [5.74, 6) is 2.40. The van der Waals surface area contributed by atoms with Crippen molar-refractivity contribution >= 4 is 35.1 Å². The van der Waals surface area contributed by atoms with Gasteiger partial charge in [0, 0.05) is 23.0 Å². The lowest BCUT2D eigenvalue weighted by Crippen LogP contribution is -2.34. The van der Waals surface area contributed by atoms with Crippen molar-refractivity contribution in [3.63, 3.8) is 0 Å². The van der Waals surface area contributed by atoms with Gasteiger partial charge in [-0.1, -0.05) is 17.7 Å². The van der Waals surface area contributed by atoms with Gasteiger partial charge < -0.3 is 19.7 Å². The Kier molecular flexibility index (Phi) is 4.63. The van der Waals surface area contributed by atoms with Gasteiger partial charge in [-0.05, 0) is 42.0 Å². The number of anilines is 1. The van der Waals surface area contributed by atoms with Gasteiger partial charge in [0.15, 0.2) is 11.5 Å². The van der Waals surface area contributed by atoms with Gasteiger partial charge in [0.05, 0.1) is 0 Å². The first-order valence-corrected chi connectivity index (χ1v) is 9.48. The highest BCUT2D eigenvalue weighted by Gasteiger charge is 2.31. The Morgan fingerprint density at radius 1 is 1.12 bits per heavy atom. The van der Waals surface area contributed by atoms with Crippen molar-refractivity contribution in [2.75, 3.05) is 30.8 Å². The number of thioether (sulfide) groups is 1. The van der Waals surface area contributed by atoms with E-state index in [4.69, 9.17) is 21.1 Å². The molecule has 1 fully saturated rings. The highest BCUT2D eigenvalue weighted by molar-refractivity contribution is 7.99. The van der Waals surface area contributed by atoms with Crippen molar-refractivity contribution in [2.24, 2.45) is 0 Å². The smallest absolute Gasteiger partial charge is 0.323 e. The highest BCUT2D eigenvalue weighted by Crippen LogP contribution is 2.41. The fourth-order valence-electron chi connectivity index (χ4n) is 2.90. The number of nitrogens with one attached hydrogen (secondary N) is 1. The van der Waals surface area contributed by atoms with Crippen LogP contribution in [0.25, 0.3) is 0 Å². The largest absolute Gasteiger partial charge is 0.486 e. The molecule has 0 saturated carbocycles. The molecule has 1 atom stereocenters. The van der Waals surface area contributed by atoms with Gasteiger partial charge in [-0.3, -0.25) is 0 Å². The molecule has 0 aromatic heterocycles. The summed E-state index contributed by atoms with van der Waals surface area (Å²) in [6, 6.07) is 12.9. The molecule has 2 amide bonds. The SMILES string of the molecule is O=C(Nc1ccc(Cl)cc1)N1CCS[C@H]1c1ccc2c(c1)OCCO2. The first kappa shape index (κ1) is 16.4. The summed E-state index contributed by atoms with van der Waals surface area (Å²) >= 11 is 7.63. The third-order valence-corrected chi connectivity index (χ3v) is 5.61. The summed E-state index contributed by atoms with van der Waals surface area (Å²) in [4.78, 5) is 14.5. The number of hydrogen-bond donors (Lipinski definition) is 1. The van der Waals surface area contributed by atoms with E-state index >= 15 is 0 Å². The van der Waals surface area contributed by atoms with E-state index in [1.165, 1.54) is 0 Å². The Balaban J connectivity index is 1.51. The number of hydrogen-bond acceptors (Lipinski definition) is 4. The van der Waals surface area contributed by atoms with E-state index in [0.29, 0.717) is 24.8 Å². The van der Waals surface area contributed by atoms with Crippen LogP contribution in [0.2, 0.25) is 5.02 Å². The molecule has 2 aromatic rings. The topological polar surface area (TPSA) is 50.8 Å². The zero-order valence-corrected chi connectivity index (χ0v) is 15.0. The summed E-state index contributed by atoms with van der Waals surface area (Å²) in [7, 11) is 0. The molecule has 0 spiro atoms. The van der Waals surface area contributed by atoms with Crippen LogP contribution in [0, 0.1) is 0 Å². The van der Waals surface area contributed by atoms with Crippen LogP contribution in [-0.2, 0) is 0 Å². The minimum absolute atomic E-state index is 0.0388. The molecular formula is C18H17ClN2O3S. The fourth-order valence-corrected chi connectivity index (χ4v) is 4.27. The second-order valence-corrected chi connectivity index (χ2v) is 7.38. The zero-order chi connectivity index (χ0) is 17.2. The van der Waals surface area contributed by atoms with Gasteiger partial charge in [-0.15, -0.1) is 11.8 Å². The lowest BCUT2D eigenvalue weighted by atomic mass is 10.1. The van der Waals surface area contributed by atoms with Crippen LogP contribution in [0.1, 0.15) is 10.9 Å². The van der Waals surface area contributed by atoms with E-state index in [9.17, 15) is 4.79 Å². The lowest BCUT2D eigenvalue weighted by Gasteiger charge is -2.26. The molecule has 5 nitrogen and oxygen atoms in total. The van der Waals surface area contributed by atoms with Gasteiger partial charge in [0.2, 0.25) is 0 Å². The summed E-state index contributed by atoms with van der Waals surface area (Å²) in [6.45, 7) is 1.82. The van der Waals surface area contributed by atoms with Crippen LogP contribution in [0.3, 0.4) is 0 Å². The van der Waals surface area contributed by atoms with Gasteiger partial charge in [0.1, 0.15) is 18.6 Å². The normalized spacial score (nSPS) is 18.9. The molecule has 2 aliphatic rings. The minimum Gasteiger partial charge on any atom is -0.486 e. The zero-order valence-electron chi connectivity index (χ0n) is 13.4. The Labute approximate surface area is 155 Å². The molecule has 130 valence electrons. The van der Waals surface area contributed by atoms with Crippen LogP contribution in [0.5, 0.6) is 11.5 Å². The first-order valence-electron chi connectivity index (χ1n) is 8.05. The molecule has 1 N–H and O–H groups in total. The van der Waals surface area contributed by atoms with Crippen LogP contribution in [0.15, 0.2) is 42.5 Å². The maximum Gasteiger partial charge on any atom is 0.323 e. The van der Waals surface area contributed by atoms with Crippen molar-refractivity contribution in [2.45, 2.75) is 5.37 Å². The molecule has 0 aliphatic carbocycles. The minimum atomic E-state index is -0.118. The number of fused-ring (bicyclic) bond motifs is 1. The second-order valence-electron chi connectivity index (χ2n) is 5.76. The molecule has 4 rings (SSSR count). The maximum absolute atomic E-state index is 12.7. The van der Waals surface area contributed by atoms with Crippen molar-refractivity contribution < 1.29 is 14.3 Å². The molecule has 7 heteroatoms. The predicted molar refractivity (Wildman–Crippen MR) is 99.8 cm³/mol. The fraction of sp³-hybridized carbons (Fsp3) is 0.278. The summed E-state index contributed by atoms with van der Waals surface area (Å²) in [5.41, 5.74) is 1.77. The average Bonchev–Trinajstić information content (AvgIpc) is 3.13. The quantitative estimate of drug-likeness (QED) is 0.844. The van der Waals surface area contributed by atoms with E-state index in [2.05, 4.69) is 5.32 Å². The molecule has 0 unspecified atom stereocenters. The molecule has 0 radical (unpaired) electrons. The Morgan fingerprint density at radius 2 is 1.88 bits per heavy atom. The van der Waals surface area contributed by atoms with E-state index in [-0.39, 0.29) is 11.4 Å². The Hall–Kier alpha value is -2.05. The number of carbonyl (C=O) groups excluding carboxylic acids is 1. The maximum atomic E-state index is 12.7. The number of ether oxygens (including phenoxy) is 2. The van der Waals surface area contributed by atoms with Gasteiger partial charge in [-0.2, -0.15) is 0 Å². The van der Waals surface area contributed by atoms with Crippen molar-refractivity contribution in [3.8, 4) is 11.5 Å². The monoisotopic (exact) mass is 376 g/mol. The molecule has 25 heavy (non-hydrogen) atoms. The number of rotatable bonds is 2. The summed E-state index contributed by atoms with van der Waals surface area (Å²) in [6.07, 6.45) is 0. The highest BCUT2D eigenvalue weighted by atomic mass is 35.5. The Morgan fingerprint density at radius 3 is 2.68 bits per heavy atom. The molecule has 2 aliphatic heterocycles. The number of halogens is 1. The third-order valence-electron chi connectivity index (χ3n) is 4.10. The average molecular weight is 377 g/mol. The summed E-state index contributed by atoms with van der Waals surface area (Å²) in [5, 5.41) is 3.54. The number of urea groups is 1. The van der Waals surface area contributed by atoms with Crippen molar-refractivity contribution in [3.05, 3.63) is 53.1 Å². The van der Waals surface area contributed by atoms with E-state index in [0.717, 1.165) is 28.5 Å². The number of amides is 2. The third kappa shape index (κ3) is 3.50. The van der Waals surface area contributed by atoms with Crippen LogP contribution >= 0.6 is 23.4 Å². The van der Waals surface area contributed by atoms with Crippen LogP contribution in [0.4, 0.5) is 10.5 Å². The van der Waals surface area contributed by atoms with E-state index in [1.54, 1.807) is 36.0 Å². The van der Waals surface area contributed by atoms with Gasteiger partial charge in [-0.25, -0.2) is 4.79 Å². The van der Waals surface area contributed by atoms with Crippen molar-refractivity contribution in [1.82, 2.24) is 4.90 Å². The first-order chi connectivity index (χ1) is 12.2. The standard InChI is InChI=1S/C18H17ClN2O3S/c19-13-2-4-14(5-3-13)20-18(22)21-7-10-25-17(21)12-1-6-15-16(11-12)24-9-8-23-15/h1-6,11,17H,7-10H2,(H,20,22)/t17-/m0/s1.